The zero-order valence-corrected chi connectivity index (χ0v) is 26.8. The van der Waals surface area contributed by atoms with Gasteiger partial charge in [0.1, 0.15) is 0 Å². The lowest BCUT2D eigenvalue weighted by Gasteiger charge is -2.19. The second-order valence-electron chi connectivity index (χ2n) is 12.4. The molecule has 0 aliphatic heterocycles. The van der Waals surface area contributed by atoms with Crippen LogP contribution in [-0.4, -0.2) is 4.57 Å². The number of hydrogen-bond acceptors (Lipinski definition) is 0. The lowest BCUT2D eigenvalue weighted by molar-refractivity contribution is 1.11. The zero-order chi connectivity index (χ0) is 32.2. The highest BCUT2D eigenvalue weighted by molar-refractivity contribution is 6.26. The molecule has 0 radical (unpaired) electrons. The molecule has 0 saturated carbocycles. The summed E-state index contributed by atoms with van der Waals surface area (Å²) < 4.78 is 2.41. The topological polar surface area (TPSA) is 4.93 Å². The Hall–Kier alpha value is -6.18. The van der Waals surface area contributed by atoms with Crippen molar-refractivity contribution in [3.05, 3.63) is 176 Å². The first-order valence-electron chi connectivity index (χ1n) is 16.6. The molecule has 226 valence electrons. The molecule has 1 heterocycles. The Kier molecular flexibility index (Phi) is 6.59. The highest BCUT2D eigenvalue weighted by Crippen LogP contribution is 2.48. The van der Waals surface area contributed by atoms with E-state index in [4.69, 9.17) is 0 Å². The van der Waals surface area contributed by atoms with Gasteiger partial charge in [-0.15, -0.1) is 0 Å². The Morgan fingerprint density at radius 2 is 1.08 bits per heavy atom. The van der Waals surface area contributed by atoms with Crippen LogP contribution in [0.3, 0.4) is 0 Å². The van der Waals surface area contributed by atoms with Crippen molar-refractivity contribution in [2.45, 2.75) is 6.92 Å². The maximum atomic E-state index is 4.34. The van der Waals surface area contributed by atoms with Crippen LogP contribution >= 0.6 is 0 Å². The van der Waals surface area contributed by atoms with Gasteiger partial charge in [0.25, 0.3) is 0 Å². The number of allylic oxidation sites excluding steroid dienone is 1. The Morgan fingerprint density at radius 3 is 1.73 bits per heavy atom. The van der Waals surface area contributed by atoms with Crippen LogP contribution in [0.25, 0.3) is 94.1 Å². The molecule has 0 saturated heterocycles. The average molecular weight is 612 g/mol. The van der Waals surface area contributed by atoms with E-state index < -0.39 is 0 Å². The van der Waals surface area contributed by atoms with Gasteiger partial charge in [-0.3, -0.25) is 0 Å². The van der Waals surface area contributed by atoms with Crippen molar-refractivity contribution in [3.8, 4) is 27.9 Å². The molecule has 0 atom stereocenters. The summed E-state index contributed by atoms with van der Waals surface area (Å²) in [4.78, 5) is 0. The van der Waals surface area contributed by atoms with Gasteiger partial charge >= 0.3 is 0 Å². The van der Waals surface area contributed by atoms with Crippen molar-refractivity contribution < 1.29 is 0 Å². The van der Waals surface area contributed by atoms with Crippen LogP contribution in [0.15, 0.2) is 164 Å². The Morgan fingerprint density at radius 1 is 0.521 bits per heavy atom. The molecule has 0 N–H and O–H groups in total. The highest BCUT2D eigenvalue weighted by Gasteiger charge is 2.23. The van der Waals surface area contributed by atoms with Crippen LogP contribution < -0.4 is 0 Å². The van der Waals surface area contributed by atoms with Gasteiger partial charge in [0.05, 0.1) is 11.2 Å². The maximum absolute atomic E-state index is 4.34. The van der Waals surface area contributed by atoms with Crippen molar-refractivity contribution in [1.29, 1.82) is 0 Å². The Bertz CT molecular complexity index is 2680. The monoisotopic (exact) mass is 611 g/mol. The van der Waals surface area contributed by atoms with E-state index in [0.29, 0.717) is 0 Å². The van der Waals surface area contributed by atoms with Gasteiger partial charge in [0, 0.05) is 16.6 Å². The largest absolute Gasteiger partial charge is 0.309 e. The van der Waals surface area contributed by atoms with Crippen molar-refractivity contribution in [2.75, 3.05) is 0 Å². The summed E-state index contributed by atoms with van der Waals surface area (Å²) in [5, 5.41) is 11.2. The minimum Gasteiger partial charge on any atom is -0.309 e. The quantitative estimate of drug-likeness (QED) is 0.171. The van der Waals surface area contributed by atoms with E-state index >= 15 is 0 Å². The molecule has 1 nitrogen and oxygen atoms in total. The lowest BCUT2D eigenvalue weighted by atomic mass is 9.84. The summed E-state index contributed by atoms with van der Waals surface area (Å²) in [6.45, 7) is 6.44. The molecule has 8 aromatic carbocycles. The van der Waals surface area contributed by atoms with Crippen LogP contribution in [-0.2, 0) is 0 Å². The zero-order valence-electron chi connectivity index (χ0n) is 26.8. The first kappa shape index (κ1) is 28.1. The summed E-state index contributed by atoms with van der Waals surface area (Å²) in [6, 6.07) is 55.3. The average Bonchev–Trinajstić information content (AvgIpc) is 3.46. The fourth-order valence-corrected chi connectivity index (χ4v) is 7.87. The highest BCUT2D eigenvalue weighted by atomic mass is 15.0. The van der Waals surface area contributed by atoms with Gasteiger partial charge in [-0.25, -0.2) is 0 Å². The number of rotatable bonds is 5. The summed E-state index contributed by atoms with van der Waals surface area (Å²) in [5.41, 5.74) is 9.57. The van der Waals surface area contributed by atoms with E-state index in [-0.39, 0.29) is 0 Å². The molecule has 1 heteroatoms. The molecular formula is C47H33N. The van der Waals surface area contributed by atoms with Crippen molar-refractivity contribution in [3.63, 3.8) is 0 Å². The molecule has 0 spiro atoms. The minimum atomic E-state index is 1.09. The molecule has 0 aliphatic carbocycles. The molecule has 9 rings (SSSR count). The smallest absolute Gasteiger partial charge is 0.0553 e. The summed E-state index contributed by atoms with van der Waals surface area (Å²) in [7, 11) is 0. The molecule has 0 unspecified atom stereocenters. The van der Waals surface area contributed by atoms with Gasteiger partial charge in [-0.1, -0.05) is 152 Å². The third kappa shape index (κ3) is 4.18. The lowest BCUT2D eigenvalue weighted by Crippen LogP contribution is -1.98. The van der Waals surface area contributed by atoms with E-state index in [1.165, 1.54) is 81.8 Å². The fourth-order valence-electron chi connectivity index (χ4n) is 7.87. The van der Waals surface area contributed by atoms with E-state index in [1.54, 1.807) is 0 Å². The predicted molar refractivity (Wildman–Crippen MR) is 209 cm³/mol. The van der Waals surface area contributed by atoms with E-state index in [1.807, 2.05) is 6.08 Å². The second-order valence-corrected chi connectivity index (χ2v) is 12.4. The molecule has 1 aromatic heterocycles. The molecule has 0 amide bonds. The van der Waals surface area contributed by atoms with Crippen LogP contribution in [0.5, 0.6) is 0 Å². The molecular weight excluding hydrogens is 579 g/mol. The third-order valence-corrected chi connectivity index (χ3v) is 9.83. The summed E-state index contributed by atoms with van der Waals surface area (Å²) in [6.07, 6.45) is 6.39. The first-order valence-corrected chi connectivity index (χ1v) is 16.6. The van der Waals surface area contributed by atoms with E-state index in [9.17, 15) is 0 Å². The van der Waals surface area contributed by atoms with Crippen LogP contribution in [0.2, 0.25) is 0 Å². The molecule has 0 bridgehead atoms. The standard InChI is InChI=1S/C47H33N/c1-3-16-41-43(4-2)48(34-28-27-31-17-8-9-20-33(31)29-34)44-30-42(35-21-10-11-22-36(35)47(41)44)46-39-25-14-12-23-37(39)45(32-18-6-5-7-19-32)38-24-13-15-26-40(38)46/h3-30H,2H2,1H3/b16-3-. The fraction of sp³-hybridized carbons (Fsp3) is 0.0213. The maximum Gasteiger partial charge on any atom is 0.0553 e. The molecule has 48 heavy (non-hydrogen) atoms. The van der Waals surface area contributed by atoms with Crippen LogP contribution in [0.1, 0.15) is 18.2 Å². The number of nitrogens with zero attached hydrogens (tertiary/aromatic N) is 1. The van der Waals surface area contributed by atoms with Crippen molar-refractivity contribution in [2.24, 2.45) is 0 Å². The van der Waals surface area contributed by atoms with Crippen molar-refractivity contribution in [1.82, 2.24) is 4.57 Å². The summed E-state index contributed by atoms with van der Waals surface area (Å²) >= 11 is 0. The number of aromatic nitrogens is 1. The normalized spacial score (nSPS) is 11.9. The molecule has 0 fully saturated rings. The Balaban J connectivity index is 1.48. The van der Waals surface area contributed by atoms with E-state index in [2.05, 4.69) is 182 Å². The van der Waals surface area contributed by atoms with E-state index in [0.717, 1.165) is 11.4 Å². The third-order valence-electron chi connectivity index (χ3n) is 9.83. The van der Waals surface area contributed by atoms with Gasteiger partial charge in [0.15, 0.2) is 0 Å². The van der Waals surface area contributed by atoms with Gasteiger partial charge < -0.3 is 4.57 Å². The second kappa shape index (κ2) is 11.3. The summed E-state index contributed by atoms with van der Waals surface area (Å²) in [5.74, 6) is 0. The SMILES string of the molecule is C=Cc1c(/C=C\C)c2c3ccccc3c(-c3c4ccccc4c(-c4ccccc4)c4ccccc34)cc2n1-c1ccc2ccccc2c1. The molecule has 9 aromatic rings. The first-order chi connectivity index (χ1) is 23.8. The van der Waals surface area contributed by atoms with Gasteiger partial charge in [-0.2, -0.15) is 0 Å². The number of hydrogen-bond donors (Lipinski definition) is 0. The number of benzene rings is 8. The minimum absolute atomic E-state index is 1.09. The molecule has 0 aliphatic rings. The van der Waals surface area contributed by atoms with Crippen molar-refractivity contribution >= 4 is 66.1 Å². The van der Waals surface area contributed by atoms with Gasteiger partial charge in [0.2, 0.25) is 0 Å². The van der Waals surface area contributed by atoms with Crippen LogP contribution in [0, 0.1) is 0 Å². The van der Waals surface area contributed by atoms with Crippen LogP contribution in [0.4, 0.5) is 0 Å². The predicted octanol–water partition coefficient (Wildman–Crippen LogP) is 13.3. The number of fused-ring (bicyclic) bond motifs is 6. The van der Waals surface area contributed by atoms with Gasteiger partial charge in [-0.05, 0) is 96.5 Å². The Labute approximate surface area is 280 Å².